The van der Waals surface area contributed by atoms with Crippen LogP contribution in [0.4, 0.5) is 11.6 Å². The summed E-state index contributed by atoms with van der Waals surface area (Å²) in [6.07, 6.45) is 0. The van der Waals surface area contributed by atoms with E-state index in [9.17, 15) is 10.1 Å². The second kappa shape index (κ2) is 5.81. The van der Waals surface area contributed by atoms with Gasteiger partial charge in [0.25, 0.3) is 0 Å². The Morgan fingerprint density at radius 2 is 2.17 bits per heavy atom. The Balaban J connectivity index is 3.04. The van der Waals surface area contributed by atoms with Gasteiger partial charge in [-0.1, -0.05) is 13.8 Å². The number of imidazole rings is 1. The van der Waals surface area contributed by atoms with Crippen molar-refractivity contribution in [3.05, 3.63) is 15.9 Å². The van der Waals surface area contributed by atoms with E-state index in [1.165, 1.54) is 0 Å². The summed E-state index contributed by atoms with van der Waals surface area (Å²) >= 11 is 0. The van der Waals surface area contributed by atoms with Crippen LogP contribution in [0.15, 0.2) is 0 Å². The first-order chi connectivity index (χ1) is 8.38. The normalized spacial score (nSPS) is 12.8. The number of rotatable bonds is 6. The fraction of sp³-hybridized carbons (Fsp3) is 0.727. The molecule has 0 saturated carbocycles. The van der Waals surface area contributed by atoms with Gasteiger partial charge < -0.3 is 20.2 Å². The summed E-state index contributed by atoms with van der Waals surface area (Å²) in [5.74, 6) is 1.17. The van der Waals surface area contributed by atoms with E-state index in [1.54, 1.807) is 25.6 Å². The molecule has 102 valence electrons. The summed E-state index contributed by atoms with van der Waals surface area (Å²) in [6, 6.07) is 0.00324. The third-order valence-electron chi connectivity index (χ3n) is 2.95. The Morgan fingerprint density at radius 3 is 2.61 bits per heavy atom. The molecule has 1 rings (SSSR count). The molecule has 0 spiro atoms. The van der Waals surface area contributed by atoms with Crippen molar-refractivity contribution >= 4 is 11.6 Å². The van der Waals surface area contributed by atoms with Crippen LogP contribution >= 0.6 is 0 Å². The molecule has 1 aromatic rings. The van der Waals surface area contributed by atoms with Crippen LogP contribution in [0.2, 0.25) is 0 Å². The van der Waals surface area contributed by atoms with Crippen molar-refractivity contribution in [2.24, 2.45) is 13.0 Å². The number of nitro groups is 1. The highest BCUT2D eigenvalue weighted by Crippen LogP contribution is 2.25. The maximum atomic E-state index is 11.0. The maximum absolute atomic E-state index is 11.0. The average Bonchev–Trinajstić information content (AvgIpc) is 2.56. The van der Waals surface area contributed by atoms with E-state index in [0.717, 1.165) is 0 Å². The van der Waals surface area contributed by atoms with E-state index in [4.69, 9.17) is 4.74 Å². The standard InChI is InChI=1S/C11H20N4O3/c1-7(2)9(6-18-5)13-10-11(15(16)17)12-8(3)14(10)4/h7,9,13H,6H2,1-5H3. The van der Waals surface area contributed by atoms with Gasteiger partial charge in [0.2, 0.25) is 11.6 Å². The second-order valence-corrected chi connectivity index (χ2v) is 4.60. The second-order valence-electron chi connectivity index (χ2n) is 4.60. The summed E-state index contributed by atoms with van der Waals surface area (Å²) in [7, 11) is 3.36. The van der Waals surface area contributed by atoms with Gasteiger partial charge in [0, 0.05) is 21.1 Å². The largest absolute Gasteiger partial charge is 0.406 e. The van der Waals surface area contributed by atoms with Gasteiger partial charge in [-0.05, 0) is 15.8 Å². The molecule has 0 amide bonds. The first kappa shape index (κ1) is 14.4. The van der Waals surface area contributed by atoms with Gasteiger partial charge >= 0.3 is 5.82 Å². The molecule has 1 unspecified atom stereocenters. The maximum Gasteiger partial charge on any atom is 0.406 e. The van der Waals surface area contributed by atoms with Gasteiger partial charge in [-0.3, -0.25) is 4.57 Å². The van der Waals surface area contributed by atoms with Crippen LogP contribution in [-0.4, -0.2) is 34.2 Å². The lowest BCUT2D eigenvalue weighted by atomic mass is 10.1. The SMILES string of the molecule is COCC(Nc1c([N+](=O)[O-])nc(C)n1C)C(C)C. The van der Waals surface area contributed by atoms with E-state index in [-0.39, 0.29) is 11.9 Å². The zero-order chi connectivity index (χ0) is 13.9. The highest BCUT2D eigenvalue weighted by molar-refractivity contribution is 5.54. The van der Waals surface area contributed by atoms with Crippen LogP contribution < -0.4 is 5.32 Å². The third kappa shape index (κ3) is 2.98. The number of nitrogens with zero attached hydrogens (tertiary/aromatic N) is 3. The van der Waals surface area contributed by atoms with Crippen LogP contribution in [0.25, 0.3) is 0 Å². The van der Waals surface area contributed by atoms with Crippen molar-refractivity contribution in [1.82, 2.24) is 9.55 Å². The molecule has 7 heteroatoms. The van der Waals surface area contributed by atoms with Crippen LogP contribution in [0, 0.1) is 23.0 Å². The van der Waals surface area contributed by atoms with E-state index in [2.05, 4.69) is 10.3 Å². The van der Waals surface area contributed by atoms with Gasteiger partial charge in [-0.25, -0.2) is 0 Å². The van der Waals surface area contributed by atoms with Gasteiger partial charge in [0.05, 0.1) is 12.6 Å². The number of ether oxygens (including phenoxy) is 1. The lowest BCUT2D eigenvalue weighted by Crippen LogP contribution is -2.31. The average molecular weight is 256 g/mol. The lowest BCUT2D eigenvalue weighted by Gasteiger charge is -2.22. The highest BCUT2D eigenvalue weighted by atomic mass is 16.6. The van der Waals surface area contributed by atoms with Gasteiger partial charge in [0.1, 0.15) is 0 Å². The quantitative estimate of drug-likeness (QED) is 0.619. The minimum absolute atomic E-state index is 0.00324. The lowest BCUT2D eigenvalue weighted by molar-refractivity contribution is -0.388. The summed E-state index contributed by atoms with van der Waals surface area (Å²) in [6.45, 7) is 6.29. The molecule has 0 bridgehead atoms. The molecule has 18 heavy (non-hydrogen) atoms. The Bertz CT molecular complexity index is 428. The monoisotopic (exact) mass is 256 g/mol. The zero-order valence-electron chi connectivity index (χ0n) is 11.4. The Labute approximate surface area is 106 Å². The Kier molecular flexibility index (Phi) is 4.66. The van der Waals surface area contributed by atoms with Crippen LogP contribution in [-0.2, 0) is 11.8 Å². The van der Waals surface area contributed by atoms with Crippen molar-refractivity contribution in [3.63, 3.8) is 0 Å². The number of hydrogen-bond donors (Lipinski definition) is 1. The molecule has 0 radical (unpaired) electrons. The predicted octanol–water partition coefficient (Wildman–Crippen LogP) is 1.72. The van der Waals surface area contributed by atoms with Gasteiger partial charge in [-0.2, -0.15) is 0 Å². The molecular weight excluding hydrogens is 236 g/mol. The molecule has 1 heterocycles. The van der Waals surface area contributed by atoms with Crippen LogP contribution in [0.3, 0.4) is 0 Å². The fourth-order valence-corrected chi connectivity index (χ4v) is 1.64. The molecular formula is C11H20N4O3. The Hall–Kier alpha value is -1.63. The number of aryl methyl sites for hydroxylation is 1. The number of methoxy groups -OCH3 is 1. The zero-order valence-corrected chi connectivity index (χ0v) is 11.4. The van der Waals surface area contributed by atoms with E-state index in [1.807, 2.05) is 13.8 Å². The van der Waals surface area contributed by atoms with Gasteiger partial charge in [-0.15, -0.1) is 0 Å². The van der Waals surface area contributed by atoms with Crippen molar-refractivity contribution in [1.29, 1.82) is 0 Å². The fourth-order valence-electron chi connectivity index (χ4n) is 1.64. The van der Waals surface area contributed by atoms with E-state index >= 15 is 0 Å². The van der Waals surface area contributed by atoms with Crippen LogP contribution in [0.1, 0.15) is 19.7 Å². The first-order valence-electron chi connectivity index (χ1n) is 5.81. The smallest absolute Gasteiger partial charge is 0.383 e. The molecule has 0 aromatic carbocycles. The topological polar surface area (TPSA) is 82.2 Å². The molecule has 1 N–H and O–H groups in total. The number of nitrogens with one attached hydrogen (secondary N) is 1. The number of aromatic nitrogens is 2. The predicted molar refractivity (Wildman–Crippen MR) is 68.7 cm³/mol. The molecule has 0 fully saturated rings. The molecule has 7 nitrogen and oxygen atoms in total. The minimum atomic E-state index is -0.473. The van der Waals surface area contributed by atoms with E-state index < -0.39 is 4.92 Å². The molecule has 1 aromatic heterocycles. The molecule has 0 aliphatic heterocycles. The van der Waals surface area contributed by atoms with Crippen molar-refractivity contribution in [2.45, 2.75) is 26.8 Å². The molecule has 0 saturated heterocycles. The summed E-state index contributed by atoms with van der Waals surface area (Å²) in [5.41, 5.74) is 0. The van der Waals surface area contributed by atoms with Crippen molar-refractivity contribution in [2.75, 3.05) is 19.0 Å². The van der Waals surface area contributed by atoms with Crippen LogP contribution in [0.5, 0.6) is 0 Å². The summed E-state index contributed by atoms with van der Waals surface area (Å²) in [5, 5.41) is 14.1. The molecule has 0 aliphatic carbocycles. The van der Waals surface area contributed by atoms with Crippen molar-refractivity contribution in [3.8, 4) is 0 Å². The molecule has 0 aliphatic rings. The number of anilines is 1. The molecule has 1 atom stereocenters. The summed E-state index contributed by atoms with van der Waals surface area (Å²) < 4.78 is 6.81. The van der Waals surface area contributed by atoms with E-state index in [0.29, 0.717) is 24.2 Å². The third-order valence-corrected chi connectivity index (χ3v) is 2.95. The van der Waals surface area contributed by atoms with Crippen molar-refractivity contribution < 1.29 is 9.66 Å². The Morgan fingerprint density at radius 1 is 1.56 bits per heavy atom. The van der Waals surface area contributed by atoms with Gasteiger partial charge in [0.15, 0.2) is 0 Å². The minimum Gasteiger partial charge on any atom is -0.383 e. The first-order valence-corrected chi connectivity index (χ1v) is 5.81. The number of hydrogen-bond acceptors (Lipinski definition) is 5. The summed E-state index contributed by atoms with van der Waals surface area (Å²) in [4.78, 5) is 14.4. The highest BCUT2D eigenvalue weighted by Gasteiger charge is 2.26.